The number of hydrogen-bond acceptors (Lipinski definition) is 5. The van der Waals surface area contributed by atoms with Crippen LogP contribution in [0.3, 0.4) is 0 Å². The zero-order chi connectivity index (χ0) is 18.1. The molecule has 0 bridgehead atoms. The Labute approximate surface area is 146 Å². The number of imide groups is 1. The van der Waals surface area contributed by atoms with Gasteiger partial charge in [-0.3, -0.25) is 14.5 Å². The van der Waals surface area contributed by atoms with Crippen molar-refractivity contribution in [1.29, 1.82) is 0 Å². The van der Waals surface area contributed by atoms with Gasteiger partial charge in [0.05, 0.1) is 24.8 Å². The van der Waals surface area contributed by atoms with Gasteiger partial charge in [-0.1, -0.05) is 19.1 Å². The zero-order valence-corrected chi connectivity index (χ0v) is 14.4. The molecule has 1 aliphatic rings. The fraction of sp³-hybridized carbons (Fsp3) is 0.316. The molecule has 0 saturated carbocycles. The van der Waals surface area contributed by atoms with E-state index < -0.39 is 17.9 Å². The van der Waals surface area contributed by atoms with Crippen LogP contribution in [-0.4, -0.2) is 40.5 Å². The summed E-state index contributed by atoms with van der Waals surface area (Å²) in [6.07, 6.45) is -0.314. The van der Waals surface area contributed by atoms with Crippen LogP contribution >= 0.6 is 0 Å². The minimum atomic E-state index is -1.07. The standard InChI is InChI=1S/C19H20N2O4/c1-4-12-9-15(17(25-3)20-11(12)2)16(22)10-21-18(23)13-7-5-6-8-14(13)19(21)24/h5-9,16,22H,4,10H2,1-3H3/t16-/m0/s1. The highest BCUT2D eigenvalue weighted by atomic mass is 16.5. The van der Waals surface area contributed by atoms with Crippen LogP contribution in [0.2, 0.25) is 0 Å². The van der Waals surface area contributed by atoms with E-state index in [4.69, 9.17) is 4.74 Å². The van der Waals surface area contributed by atoms with Gasteiger partial charge in [-0.25, -0.2) is 4.98 Å². The summed E-state index contributed by atoms with van der Waals surface area (Å²) in [7, 11) is 1.48. The molecule has 3 rings (SSSR count). The highest BCUT2D eigenvalue weighted by molar-refractivity contribution is 6.21. The van der Waals surface area contributed by atoms with Crippen LogP contribution in [0.1, 0.15) is 50.6 Å². The average Bonchev–Trinajstić information content (AvgIpc) is 2.86. The third-order valence-corrected chi connectivity index (χ3v) is 4.48. The maximum Gasteiger partial charge on any atom is 0.261 e. The highest BCUT2D eigenvalue weighted by Crippen LogP contribution is 2.29. The summed E-state index contributed by atoms with van der Waals surface area (Å²) in [5.41, 5.74) is 3.01. The number of β-amino-alcohol motifs (C(OH)–C–C–N with tert-alkyl or cyclic N) is 1. The number of amides is 2. The predicted octanol–water partition coefficient (Wildman–Crippen LogP) is 2.29. The van der Waals surface area contributed by atoms with E-state index in [2.05, 4.69) is 4.98 Å². The Morgan fingerprint density at radius 2 is 1.80 bits per heavy atom. The van der Waals surface area contributed by atoms with E-state index in [1.165, 1.54) is 7.11 Å². The van der Waals surface area contributed by atoms with Gasteiger partial charge < -0.3 is 9.84 Å². The number of pyridine rings is 1. The van der Waals surface area contributed by atoms with Crippen molar-refractivity contribution in [1.82, 2.24) is 9.88 Å². The fourth-order valence-corrected chi connectivity index (χ4v) is 3.08. The Kier molecular flexibility index (Phi) is 4.55. The van der Waals surface area contributed by atoms with E-state index in [9.17, 15) is 14.7 Å². The van der Waals surface area contributed by atoms with Gasteiger partial charge in [0.1, 0.15) is 6.10 Å². The number of aliphatic hydroxyl groups excluding tert-OH is 1. The molecule has 1 aromatic carbocycles. The maximum absolute atomic E-state index is 12.5. The van der Waals surface area contributed by atoms with Gasteiger partial charge >= 0.3 is 0 Å². The van der Waals surface area contributed by atoms with Crippen LogP contribution in [-0.2, 0) is 6.42 Å². The van der Waals surface area contributed by atoms with Gasteiger partial charge in [0.25, 0.3) is 11.8 Å². The third kappa shape index (κ3) is 2.89. The lowest BCUT2D eigenvalue weighted by Crippen LogP contribution is -2.34. The average molecular weight is 340 g/mol. The van der Waals surface area contributed by atoms with E-state index in [-0.39, 0.29) is 6.54 Å². The van der Waals surface area contributed by atoms with Crippen LogP contribution in [0.5, 0.6) is 5.88 Å². The molecule has 6 nitrogen and oxygen atoms in total. The van der Waals surface area contributed by atoms with Crippen LogP contribution in [0.4, 0.5) is 0 Å². The molecule has 2 aromatic rings. The van der Waals surface area contributed by atoms with Gasteiger partial charge in [0, 0.05) is 11.3 Å². The number of rotatable bonds is 5. The van der Waals surface area contributed by atoms with Gasteiger partial charge in [-0.2, -0.15) is 0 Å². The Balaban J connectivity index is 1.90. The van der Waals surface area contributed by atoms with E-state index in [1.807, 2.05) is 19.9 Å². The fourth-order valence-electron chi connectivity index (χ4n) is 3.08. The summed E-state index contributed by atoms with van der Waals surface area (Å²) in [6, 6.07) is 8.48. The number of fused-ring (bicyclic) bond motifs is 1. The number of benzene rings is 1. The molecule has 1 N–H and O–H groups in total. The number of carbonyl (C=O) groups is 2. The molecule has 0 radical (unpaired) electrons. The SMILES string of the molecule is CCc1cc([C@@H](O)CN2C(=O)c3ccccc3C2=O)c(OC)nc1C. The van der Waals surface area contributed by atoms with Crippen molar-refractivity contribution >= 4 is 11.8 Å². The van der Waals surface area contributed by atoms with Crippen molar-refractivity contribution in [3.05, 3.63) is 58.3 Å². The summed E-state index contributed by atoms with van der Waals surface area (Å²) in [5, 5.41) is 10.7. The van der Waals surface area contributed by atoms with Gasteiger partial charge in [0.15, 0.2) is 0 Å². The second-order valence-electron chi connectivity index (χ2n) is 5.97. The first-order valence-electron chi connectivity index (χ1n) is 8.15. The normalized spacial score (nSPS) is 14.6. The van der Waals surface area contributed by atoms with Crippen LogP contribution < -0.4 is 4.74 Å². The summed E-state index contributed by atoms with van der Waals surface area (Å²) >= 11 is 0. The van der Waals surface area contributed by atoms with Crippen molar-refractivity contribution in [2.24, 2.45) is 0 Å². The number of methoxy groups -OCH3 is 1. The zero-order valence-electron chi connectivity index (χ0n) is 14.4. The molecule has 0 fully saturated rings. The van der Waals surface area contributed by atoms with Crippen LogP contribution in [0, 0.1) is 6.92 Å². The van der Waals surface area contributed by atoms with Crippen molar-refractivity contribution < 1.29 is 19.4 Å². The third-order valence-electron chi connectivity index (χ3n) is 4.48. The quantitative estimate of drug-likeness (QED) is 0.845. The van der Waals surface area contributed by atoms with Crippen LogP contribution in [0.15, 0.2) is 30.3 Å². The van der Waals surface area contributed by atoms with Crippen molar-refractivity contribution in [3.63, 3.8) is 0 Å². The topological polar surface area (TPSA) is 79.7 Å². The minimum absolute atomic E-state index is 0.142. The lowest BCUT2D eigenvalue weighted by Gasteiger charge is -2.21. The first kappa shape index (κ1) is 17.1. The minimum Gasteiger partial charge on any atom is -0.481 e. The van der Waals surface area contributed by atoms with Crippen molar-refractivity contribution in [3.8, 4) is 5.88 Å². The van der Waals surface area contributed by atoms with E-state index in [1.54, 1.807) is 24.3 Å². The molecule has 25 heavy (non-hydrogen) atoms. The van der Waals surface area contributed by atoms with E-state index >= 15 is 0 Å². The maximum atomic E-state index is 12.5. The lowest BCUT2D eigenvalue weighted by atomic mass is 10.0. The number of ether oxygens (including phenoxy) is 1. The molecule has 1 aliphatic heterocycles. The Morgan fingerprint density at radius 3 is 2.32 bits per heavy atom. The molecule has 1 atom stereocenters. The largest absolute Gasteiger partial charge is 0.481 e. The monoisotopic (exact) mass is 340 g/mol. The smallest absolute Gasteiger partial charge is 0.261 e. The molecule has 0 aliphatic carbocycles. The van der Waals surface area contributed by atoms with E-state index in [0.29, 0.717) is 22.6 Å². The van der Waals surface area contributed by atoms with Gasteiger partial charge in [0.2, 0.25) is 5.88 Å². The Hall–Kier alpha value is -2.73. The summed E-state index contributed by atoms with van der Waals surface area (Å²) in [5.74, 6) is -0.484. The molecular weight excluding hydrogens is 320 g/mol. The number of hydrogen-bond donors (Lipinski definition) is 1. The number of nitrogens with zero attached hydrogens (tertiary/aromatic N) is 2. The van der Waals surface area contributed by atoms with Crippen LogP contribution in [0.25, 0.3) is 0 Å². The van der Waals surface area contributed by atoms with Gasteiger partial charge in [-0.05, 0) is 37.1 Å². The molecular formula is C19H20N2O4. The Bertz CT molecular complexity index is 812. The number of aromatic nitrogens is 1. The van der Waals surface area contributed by atoms with Crippen molar-refractivity contribution in [2.45, 2.75) is 26.4 Å². The second kappa shape index (κ2) is 6.64. The predicted molar refractivity (Wildman–Crippen MR) is 91.7 cm³/mol. The Morgan fingerprint density at radius 1 is 1.20 bits per heavy atom. The molecule has 130 valence electrons. The molecule has 0 unspecified atom stereocenters. The molecule has 1 aromatic heterocycles. The molecule has 6 heteroatoms. The molecule has 2 amide bonds. The molecule has 0 spiro atoms. The summed E-state index contributed by atoms with van der Waals surface area (Å²) in [4.78, 5) is 30.3. The lowest BCUT2D eigenvalue weighted by molar-refractivity contribution is 0.0539. The van der Waals surface area contributed by atoms with E-state index in [0.717, 1.165) is 22.6 Å². The first-order chi connectivity index (χ1) is 12.0. The number of carbonyl (C=O) groups excluding carboxylic acids is 2. The number of aliphatic hydroxyl groups is 1. The first-order valence-corrected chi connectivity index (χ1v) is 8.15. The summed E-state index contributed by atoms with van der Waals surface area (Å²) < 4.78 is 5.27. The van der Waals surface area contributed by atoms with Crippen molar-refractivity contribution in [2.75, 3.05) is 13.7 Å². The molecule has 2 heterocycles. The summed E-state index contributed by atoms with van der Waals surface area (Å²) in [6.45, 7) is 3.73. The highest BCUT2D eigenvalue weighted by Gasteiger charge is 2.36. The molecule has 0 saturated heterocycles. The number of aryl methyl sites for hydroxylation is 2. The van der Waals surface area contributed by atoms with Gasteiger partial charge in [-0.15, -0.1) is 0 Å². The second-order valence-corrected chi connectivity index (χ2v) is 5.97.